The van der Waals surface area contributed by atoms with Gasteiger partial charge in [0, 0.05) is 32.8 Å². The molecule has 14 rings (SSSR count). The van der Waals surface area contributed by atoms with Crippen molar-refractivity contribution in [3.8, 4) is 67.0 Å². The third-order valence-corrected chi connectivity index (χ3v) is 13.7. The van der Waals surface area contributed by atoms with Gasteiger partial charge < -0.3 is 4.57 Å². The lowest BCUT2D eigenvalue weighted by molar-refractivity contribution is 0.831. The smallest absolute Gasteiger partial charge is 0.264 e. The number of hydrogen-bond acceptors (Lipinski definition) is 3. The first-order valence-electron chi connectivity index (χ1n) is 22.1. The molecule has 0 saturated carbocycles. The second-order valence-electron chi connectivity index (χ2n) is 17.2. The van der Waals surface area contributed by atoms with E-state index in [1.807, 2.05) is 28.7 Å². The molecule has 1 aliphatic heterocycles. The zero-order valence-electron chi connectivity index (χ0n) is 35.0. The molecule has 0 atom stereocenters. The average Bonchev–Trinajstić information content (AvgIpc) is 3.95. The first-order valence-corrected chi connectivity index (χ1v) is 22.1. The first-order chi connectivity index (χ1) is 32.2. The maximum atomic E-state index is 15.0. The van der Waals surface area contributed by atoms with E-state index in [0.29, 0.717) is 17.6 Å². The molecule has 10 aromatic carbocycles. The monoisotopic (exact) mass is 828 g/mol. The van der Waals surface area contributed by atoms with Crippen LogP contribution in [0, 0.1) is 0 Å². The molecule has 1 aliphatic rings. The molecule has 0 unspecified atom stereocenters. The summed E-state index contributed by atoms with van der Waals surface area (Å²) in [6.07, 6.45) is 0. The van der Waals surface area contributed by atoms with Gasteiger partial charge >= 0.3 is 0 Å². The summed E-state index contributed by atoms with van der Waals surface area (Å²) in [5.41, 5.74) is 17.7. The van der Waals surface area contributed by atoms with Gasteiger partial charge in [-0.3, -0.25) is 9.20 Å². The van der Waals surface area contributed by atoms with Crippen molar-refractivity contribution < 1.29 is 0 Å². The Morgan fingerprint density at radius 3 is 1.51 bits per heavy atom. The Morgan fingerprint density at radius 1 is 0.369 bits per heavy atom. The Bertz CT molecular complexity index is 4140. The van der Waals surface area contributed by atoms with Gasteiger partial charge in [0.15, 0.2) is 0 Å². The van der Waals surface area contributed by atoms with Crippen LogP contribution in [-0.2, 0) is 6.54 Å². The van der Waals surface area contributed by atoms with Crippen LogP contribution in [0.4, 0.5) is 0 Å². The largest absolute Gasteiger partial charge is 0.319 e. The summed E-state index contributed by atoms with van der Waals surface area (Å²) in [4.78, 5) is 25.8. The third kappa shape index (κ3) is 5.24. The molecule has 4 heterocycles. The molecule has 0 saturated heterocycles. The van der Waals surface area contributed by atoms with Gasteiger partial charge in [0.25, 0.3) is 5.56 Å². The maximum absolute atomic E-state index is 15.0. The molecule has 0 N–H and O–H groups in total. The van der Waals surface area contributed by atoms with Gasteiger partial charge in [0.2, 0.25) is 0 Å². The summed E-state index contributed by atoms with van der Waals surface area (Å²) in [5.74, 6) is 0.976. The molecule has 13 aromatic rings. The molecule has 0 fully saturated rings. The summed E-state index contributed by atoms with van der Waals surface area (Å²) >= 11 is 0. The van der Waals surface area contributed by atoms with Gasteiger partial charge in [0.05, 0.1) is 28.6 Å². The average molecular weight is 829 g/mol. The second-order valence-corrected chi connectivity index (χ2v) is 17.2. The number of benzene rings is 10. The van der Waals surface area contributed by atoms with E-state index in [9.17, 15) is 4.79 Å². The van der Waals surface area contributed by atoms with E-state index < -0.39 is 0 Å². The molecular formula is C60H36N4O. The van der Waals surface area contributed by atoms with E-state index in [1.165, 1.54) is 27.5 Å². The fourth-order valence-corrected chi connectivity index (χ4v) is 10.8. The Labute approximate surface area is 373 Å². The molecule has 0 aliphatic carbocycles. The van der Waals surface area contributed by atoms with Crippen molar-refractivity contribution in [3.05, 3.63) is 222 Å². The number of rotatable bonds is 5. The zero-order valence-corrected chi connectivity index (χ0v) is 35.0. The van der Waals surface area contributed by atoms with Crippen LogP contribution in [0.2, 0.25) is 0 Å². The predicted octanol–water partition coefficient (Wildman–Crippen LogP) is 14.5. The predicted molar refractivity (Wildman–Crippen MR) is 268 cm³/mol. The van der Waals surface area contributed by atoms with Gasteiger partial charge in [-0.2, -0.15) is 0 Å². The summed E-state index contributed by atoms with van der Waals surface area (Å²) in [6, 6.07) is 72.7. The molecule has 0 spiro atoms. The third-order valence-electron chi connectivity index (χ3n) is 13.7. The number of hydrogen-bond donors (Lipinski definition) is 0. The zero-order chi connectivity index (χ0) is 42.8. The lowest BCUT2D eigenvalue weighted by Gasteiger charge is -2.22. The van der Waals surface area contributed by atoms with Gasteiger partial charge in [-0.1, -0.05) is 164 Å². The first kappa shape index (κ1) is 35.9. The second kappa shape index (κ2) is 13.7. The van der Waals surface area contributed by atoms with Crippen molar-refractivity contribution in [2.75, 3.05) is 0 Å². The highest BCUT2D eigenvalue weighted by Gasteiger charge is 2.27. The lowest BCUT2D eigenvalue weighted by atomic mass is 9.87. The van der Waals surface area contributed by atoms with Crippen LogP contribution in [0.25, 0.3) is 127 Å². The maximum Gasteiger partial charge on any atom is 0.264 e. The number of pyridine rings is 1. The van der Waals surface area contributed by atoms with Crippen molar-refractivity contribution in [1.82, 2.24) is 18.9 Å². The van der Waals surface area contributed by atoms with E-state index in [-0.39, 0.29) is 5.56 Å². The molecule has 5 heteroatoms. The SMILES string of the molecule is O=c1c2cccc3c(-c4ccc5c6c(cccc46)Cn4c-5nc5c(-c6ccccc6)cc(-c6ccccc6)cc54)ccc(c32)c2nc3c(-c4ccccc4)cc(-c4ccccc4)cc3n12. The Hall–Kier alpha value is -8.67. The molecule has 0 amide bonds. The molecule has 65 heavy (non-hydrogen) atoms. The van der Waals surface area contributed by atoms with E-state index in [4.69, 9.17) is 9.97 Å². The van der Waals surface area contributed by atoms with Crippen LogP contribution in [-0.4, -0.2) is 18.9 Å². The Morgan fingerprint density at radius 2 is 0.877 bits per heavy atom. The van der Waals surface area contributed by atoms with Crippen LogP contribution in [0.3, 0.4) is 0 Å². The molecule has 5 nitrogen and oxygen atoms in total. The van der Waals surface area contributed by atoms with Crippen molar-refractivity contribution in [2.24, 2.45) is 0 Å². The van der Waals surface area contributed by atoms with Gasteiger partial charge in [-0.15, -0.1) is 0 Å². The fourth-order valence-electron chi connectivity index (χ4n) is 10.8. The Kier molecular flexibility index (Phi) is 7.54. The lowest BCUT2D eigenvalue weighted by Crippen LogP contribution is -2.13. The highest BCUT2D eigenvalue weighted by Crippen LogP contribution is 2.46. The minimum absolute atomic E-state index is 0.0666. The van der Waals surface area contributed by atoms with Crippen LogP contribution in [0.5, 0.6) is 0 Å². The standard InChI is InChI=1S/C60H36N4O/c65-60-49-26-14-25-46-44(28-30-48(55(46)49)59-62-57-51(39-21-11-4-12-22-39)32-42(34-53(57)64(59)60)37-17-7-2-8-18-37)43-27-29-47-54-40(23-13-24-45(43)54)35-63-52-33-41(36-15-5-1-6-16-36)31-50(56(52)61-58(47)63)38-19-9-3-10-20-38/h1-34H,35H2. The number of nitrogens with zero attached hydrogens (tertiary/aromatic N) is 4. The van der Waals surface area contributed by atoms with Crippen LogP contribution < -0.4 is 5.56 Å². The minimum Gasteiger partial charge on any atom is -0.319 e. The molecule has 3 aromatic heterocycles. The minimum atomic E-state index is -0.0666. The van der Waals surface area contributed by atoms with E-state index >= 15 is 0 Å². The van der Waals surface area contributed by atoms with E-state index in [1.54, 1.807) is 0 Å². The van der Waals surface area contributed by atoms with Gasteiger partial charge in [-0.25, -0.2) is 9.97 Å². The summed E-state index contributed by atoms with van der Waals surface area (Å²) < 4.78 is 4.24. The van der Waals surface area contributed by atoms with Gasteiger partial charge in [-0.05, 0) is 109 Å². The van der Waals surface area contributed by atoms with Crippen molar-refractivity contribution in [2.45, 2.75) is 6.54 Å². The van der Waals surface area contributed by atoms with E-state index in [0.717, 1.165) is 94.1 Å². The quantitative estimate of drug-likeness (QED) is 0.174. The topological polar surface area (TPSA) is 52.2 Å². The summed E-state index contributed by atoms with van der Waals surface area (Å²) in [5, 5.41) is 5.99. The molecule has 0 radical (unpaired) electrons. The number of imidazole rings is 2. The van der Waals surface area contributed by atoms with Crippen molar-refractivity contribution in [1.29, 1.82) is 0 Å². The van der Waals surface area contributed by atoms with Crippen LogP contribution in [0.15, 0.2) is 211 Å². The van der Waals surface area contributed by atoms with Crippen LogP contribution in [0.1, 0.15) is 5.56 Å². The molecular weight excluding hydrogens is 793 g/mol. The number of fused-ring (bicyclic) bond motifs is 8. The van der Waals surface area contributed by atoms with Crippen molar-refractivity contribution >= 4 is 60.0 Å². The highest BCUT2D eigenvalue weighted by atomic mass is 16.1. The molecule has 302 valence electrons. The van der Waals surface area contributed by atoms with E-state index in [2.05, 4.69) is 187 Å². The summed E-state index contributed by atoms with van der Waals surface area (Å²) in [6.45, 7) is 0.706. The fraction of sp³-hybridized carbons (Fsp3) is 0.0167. The number of aromatic nitrogens is 4. The van der Waals surface area contributed by atoms with Crippen molar-refractivity contribution in [3.63, 3.8) is 0 Å². The highest BCUT2D eigenvalue weighted by molar-refractivity contribution is 6.22. The van der Waals surface area contributed by atoms with Crippen LogP contribution >= 0.6 is 0 Å². The molecule has 0 bridgehead atoms. The normalized spacial score (nSPS) is 12.3. The summed E-state index contributed by atoms with van der Waals surface area (Å²) in [7, 11) is 0. The van der Waals surface area contributed by atoms with Gasteiger partial charge in [0.1, 0.15) is 11.5 Å². The Balaban J connectivity index is 0.982.